The number of hydrogen-bond donors (Lipinski definition) is 7. The van der Waals surface area contributed by atoms with Crippen LogP contribution in [0.3, 0.4) is 0 Å². The Balaban J connectivity index is 1.74. The fourth-order valence-corrected chi connectivity index (χ4v) is 9.07. The maximum absolute atomic E-state index is 13.1. The fraction of sp³-hybridized carbons (Fsp3) is 0.862. The average Bonchev–Trinajstić information content (AvgIpc) is 3.38. The summed E-state index contributed by atoms with van der Waals surface area (Å²) in [5.74, 6) is -0.931. The van der Waals surface area contributed by atoms with Crippen molar-refractivity contribution in [2.75, 3.05) is 26.4 Å². The zero-order valence-corrected chi connectivity index (χ0v) is 45.4. The molecule has 0 spiro atoms. The molecular formula is C58H104O15. The van der Waals surface area contributed by atoms with Crippen LogP contribution in [0.15, 0.2) is 36.5 Å². The number of aliphatic hydroxyl groups excluding tert-OH is 7. The topological polar surface area (TPSA) is 231 Å². The Morgan fingerprint density at radius 1 is 0.438 bits per heavy atom. The first-order valence-corrected chi connectivity index (χ1v) is 29.1. The number of carbonyl (C=O) groups is 2. The van der Waals surface area contributed by atoms with Gasteiger partial charge in [-0.15, -0.1) is 0 Å². The summed E-state index contributed by atoms with van der Waals surface area (Å²) in [6.07, 6.45) is 33.1. The lowest BCUT2D eigenvalue weighted by Crippen LogP contribution is -2.61. The Morgan fingerprint density at radius 3 is 1.29 bits per heavy atom. The summed E-state index contributed by atoms with van der Waals surface area (Å²) in [7, 11) is 0. The minimum atomic E-state index is -1.77. The summed E-state index contributed by atoms with van der Waals surface area (Å²) < 4.78 is 33.7. The summed E-state index contributed by atoms with van der Waals surface area (Å²) in [6, 6.07) is 0. The second-order valence-corrected chi connectivity index (χ2v) is 20.5. The van der Waals surface area contributed by atoms with E-state index in [2.05, 4.69) is 50.3 Å². The summed E-state index contributed by atoms with van der Waals surface area (Å²) in [4.78, 5) is 25.9. The SMILES string of the molecule is CCCCCCC/C=C\C/C=C\CCCCCCCCCCCCCC(=O)OC(COC(=O)CCCCCCC/C=C\CCCCCCC)COC1OC(COC2OC(CO)C(O)C(O)C2O)C(O)C(O)C1O. The molecule has 15 heteroatoms. The predicted molar refractivity (Wildman–Crippen MR) is 284 cm³/mol. The standard InChI is InChI=1S/C58H104O15/c1-3-5-7-9-11-13-15-17-19-20-21-22-23-24-25-26-27-29-31-33-35-37-39-41-50(61)71-46(43-68-49(60)40-38-36-34-32-30-28-18-16-14-12-10-8-6-4-2)44-69-57-56(67)54(65)52(63)48(73-57)45-70-58-55(66)53(64)51(62)47(42-59)72-58/h15-18,20-21,46-48,51-59,62-67H,3-14,19,22-45H2,1-2H3/b17-15-,18-16-,21-20-. The predicted octanol–water partition coefficient (Wildman–Crippen LogP) is 9.66. The normalized spacial score (nSPS) is 25.1. The first-order chi connectivity index (χ1) is 35.5. The number of rotatable bonds is 46. The average molecular weight is 1040 g/mol. The van der Waals surface area contributed by atoms with Crippen molar-refractivity contribution < 1.29 is 73.8 Å². The zero-order valence-electron chi connectivity index (χ0n) is 45.4. The van der Waals surface area contributed by atoms with Crippen molar-refractivity contribution in [1.82, 2.24) is 0 Å². The molecule has 2 aliphatic heterocycles. The summed E-state index contributed by atoms with van der Waals surface area (Å²) >= 11 is 0. The largest absolute Gasteiger partial charge is 0.462 e. The van der Waals surface area contributed by atoms with Gasteiger partial charge in [0.2, 0.25) is 0 Å². The van der Waals surface area contributed by atoms with E-state index in [1.165, 1.54) is 116 Å². The quantitative estimate of drug-likeness (QED) is 0.0171. The smallest absolute Gasteiger partial charge is 0.306 e. The van der Waals surface area contributed by atoms with Crippen LogP contribution in [0.2, 0.25) is 0 Å². The molecular weight excluding hydrogens is 937 g/mol. The lowest BCUT2D eigenvalue weighted by Gasteiger charge is -2.42. The molecule has 0 bridgehead atoms. The minimum absolute atomic E-state index is 0.162. The summed E-state index contributed by atoms with van der Waals surface area (Å²) in [6.45, 7) is 2.59. The Kier molecular flexibility index (Phi) is 41.0. The van der Waals surface area contributed by atoms with Gasteiger partial charge in [0, 0.05) is 12.8 Å². The lowest BCUT2D eigenvalue weighted by atomic mass is 9.98. The van der Waals surface area contributed by atoms with Crippen molar-refractivity contribution in [3.05, 3.63) is 36.5 Å². The van der Waals surface area contributed by atoms with E-state index in [1.54, 1.807) is 0 Å². The van der Waals surface area contributed by atoms with Crippen LogP contribution in [0.5, 0.6) is 0 Å². The molecule has 11 atom stereocenters. The molecule has 0 aliphatic carbocycles. The van der Waals surface area contributed by atoms with Crippen LogP contribution in [-0.4, -0.2) is 142 Å². The van der Waals surface area contributed by atoms with Gasteiger partial charge >= 0.3 is 11.9 Å². The Morgan fingerprint density at radius 2 is 0.822 bits per heavy atom. The number of carbonyl (C=O) groups excluding carboxylic acids is 2. The van der Waals surface area contributed by atoms with E-state index < -0.39 is 92.7 Å². The molecule has 2 rings (SSSR count). The molecule has 0 aromatic rings. The highest BCUT2D eigenvalue weighted by atomic mass is 16.7. The van der Waals surface area contributed by atoms with Crippen LogP contribution in [-0.2, 0) is 38.0 Å². The highest BCUT2D eigenvalue weighted by Gasteiger charge is 2.47. The van der Waals surface area contributed by atoms with Crippen LogP contribution in [0, 0.1) is 0 Å². The molecule has 2 heterocycles. The third kappa shape index (κ3) is 32.2. The van der Waals surface area contributed by atoms with E-state index in [9.17, 15) is 45.3 Å². The third-order valence-corrected chi connectivity index (χ3v) is 13.8. The number of hydrogen-bond acceptors (Lipinski definition) is 15. The maximum atomic E-state index is 13.1. The molecule has 0 amide bonds. The van der Waals surface area contributed by atoms with E-state index in [0.717, 1.165) is 70.6 Å². The molecule has 2 saturated heterocycles. The fourth-order valence-electron chi connectivity index (χ4n) is 9.07. The second kappa shape index (κ2) is 44.8. The van der Waals surface area contributed by atoms with E-state index in [-0.39, 0.29) is 26.1 Å². The monoisotopic (exact) mass is 1040 g/mol. The van der Waals surface area contributed by atoms with Crippen molar-refractivity contribution in [3.63, 3.8) is 0 Å². The highest BCUT2D eigenvalue weighted by molar-refractivity contribution is 5.70. The third-order valence-electron chi connectivity index (χ3n) is 13.8. The van der Waals surface area contributed by atoms with Gasteiger partial charge in [0.05, 0.1) is 19.8 Å². The molecule has 2 fully saturated rings. The summed E-state index contributed by atoms with van der Waals surface area (Å²) in [5.41, 5.74) is 0. The molecule has 11 unspecified atom stereocenters. The lowest BCUT2D eigenvalue weighted by molar-refractivity contribution is -0.332. The van der Waals surface area contributed by atoms with Crippen molar-refractivity contribution in [2.24, 2.45) is 0 Å². The molecule has 0 radical (unpaired) electrons. The first-order valence-electron chi connectivity index (χ1n) is 29.1. The van der Waals surface area contributed by atoms with Crippen molar-refractivity contribution in [2.45, 2.75) is 293 Å². The van der Waals surface area contributed by atoms with Gasteiger partial charge in [-0.3, -0.25) is 9.59 Å². The van der Waals surface area contributed by atoms with Gasteiger partial charge in [0.1, 0.15) is 55.4 Å². The van der Waals surface area contributed by atoms with Crippen LogP contribution < -0.4 is 0 Å². The molecule has 0 aromatic heterocycles. The number of unbranched alkanes of at least 4 members (excludes halogenated alkanes) is 26. The summed E-state index contributed by atoms with van der Waals surface area (Å²) in [5, 5.41) is 72.2. The molecule has 0 saturated carbocycles. The van der Waals surface area contributed by atoms with Gasteiger partial charge in [-0.05, 0) is 70.6 Å². The first kappa shape index (κ1) is 66.8. The van der Waals surface area contributed by atoms with Gasteiger partial charge in [0.15, 0.2) is 18.7 Å². The number of esters is 2. The zero-order chi connectivity index (χ0) is 53.2. The van der Waals surface area contributed by atoms with E-state index in [0.29, 0.717) is 12.8 Å². The van der Waals surface area contributed by atoms with E-state index >= 15 is 0 Å². The van der Waals surface area contributed by atoms with E-state index in [1.807, 2.05) is 0 Å². The number of aliphatic hydroxyl groups is 7. The van der Waals surface area contributed by atoms with Crippen LogP contribution in [0.4, 0.5) is 0 Å². The van der Waals surface area contributed by atoms with Crippen molar-refractivity contribution in [1.29, 1.82) is 0 Å². The van der Waals surface area contributed by atoms with Gasteiger partial charge in [-0.25, -0.2) is 0 Å². The maximum Gasteiger partial charge on any atom is 0.306 e. The van der Waals surface area contributed by atoms with Gasteiger partial charge in [-0.2, -0.15) is 0 Å². The highest BCUT2D eigenvalue weighted by Crippen LogP contribution is 2.27. The van der Waals surface area contributed by atoms with Crippen LogP contribution in [0.25, 0.3) is 0 Å². The molecule has 426 valence electrons. The molecule has 73 heavy (non-hydrogen) atoms. The molecule has 2 aliphatic rings. The second-order valence-electron chi connectivity index (χ2n) is 20.5. The van der Waals surface area contributed by atoms with Crippen LogP contribution >= 0.6 is 0 Å². The minimum Gasteiger partial charge on any atom is -0.462 e. The number of allylic oxidation sites excluding steroid dienone is 6. The van der Waals surface area contributed by atoms with Gasteiger partial charge in [-0.1, -0.05) is 179 Å². The molecule has 7 N–H and O–H groups in total. The van der Waals surface area contributed by atoms with Gasteiger partial charge in [0.25, 0.3) is 0 Å². The molecule has 0 aromatic carbocycles. The van der Waals surface area contributed by atoms with Crippen molar-refractivity contribution >= 4 is 11.9 Å². The Labute approximate surface area is 440 Å². The Bertz CT molecular complexity index is 1410. The van der Waals surface area contributed by atoms with Gasteiger partial charge < -0.3 is 64.2 Å². The van der Waals surface area contributed by atoms with E-state index in [4.69, 9.17) is 28.4 Å². The molecule has 15 nitrogen and oxygen atoms in total. The van der Waals surface area contributed by atoms with Crippen molar-refractivity contribution in [3.8, 4) is 0 Å². The number of ether oxygens (including phenoxy) is 6. The van der Waals surface area contributed by atoms with Crippen LogP contribution in [0.1, 0.15) is 226 Å². The Hall–Kier alpha value is -2.28.